The second-order valence-corrected chi connectivity index (χ2v) is 5.79. The Labute approximate surface area is 146 Å². The molecule has 130 valence electrons. The zero-order valence-corrected chi connectivity index (χ0v) is 14.5. The lowest BCUT2D eigenvalue weighted by molar-refractivity contribution is 0.0952. The maximum Gasteiger partial charge on any atom is 0.257 e. The number of hydrogen-bond acceptors (Lipinski definition) is 5. The molecule has 0 aliphatic heterocycles. The normalized spacial score (nSPS) is 11.2. The largest absolute Gasteiger partial charge is 0.348 e. The summed E-state index contributed by atoms with van der Waals surface area (Å²) in [5.74, 6) is -0.192. The van der Waals surface area contributed by atoms with Crippen LogP contribution in [0, 0.1) is 0 Å². The zero-order chi connectivity index (χ0) is 17.6. The van der Waals surface area contributed by atoms with Crippen molar-refractivity contribution in [2.75, 3.05) is 13.1 Å². The number of hydrogen-bond donors (Lipinski definition) is 1. The number of carbonyl (C=O) groups is 1. The van der Waals surface area contributed by atoms with Crippen LogP contribution in [0.2, 0.25) is 0 Å². The van der Waals surface area contributed by atoms with Crippen LogP contribution in [-0.2, 0) is 13.1 Å². The SMILES string of the molecule is CCN(CC)Cc1cnc2c(C(=O)NCc3cccnc3)cnn2c1. The van der Waals surface area contributed by atoms with E-state index < -0.39 is 0 Å². The molecule has 3 aromatic rings. The van der Waals surface area contributed by atoms with Gasteiger partial charge in [0.1, 0.15) is 5.56 Å². The van der Waals surface area contributed by atoms with E-state index >= 15 is 0 Å². The van der Waals surface area contributed by atoms with Gasteiger partial charge in [0.15, 0.2) is 5.65 Å². The highest BCUT2D eigenvalue weighted by atomic mass is 16.1. The molecule has 0 fully saturated rings. The first kappa shape index (κ1) is 17.0. The summed E-state index contributed by atoms with van der Waals surface area (Å²) in [5, 5.41) is 7.15. The summed E-state index contributed by atoms with van der Waals surface area (Å²) in [6, 6.07) is 3.76. The minimum Gasteiger partial charge on any atom is -0.348 e. The van der Waals surface area contributed by atoms with Crippen LogP contribution in [0.5, 0.6) is 0 Å². The molecule has 3 aromatic heterocycles. The van der Waals surface area contributed by atoms with Crippen LogP contribution >= 0.6 is 0 Å². The monoisotopic (exact) mass is 338 g/mol. The lowest BCUT2D eigenvalue weighted by Crippen LogP contribution is -2.23. The van der Waals surface area contributed by atoms with E-state index in [2.05, 4.69) is 39.1 Å². The van der Waals surface area contributed by atoms with Crippen molar-refractivity contribution in [2.45, 2.75) is 26.9 Å². The van der Waals surface area contributed by atoms with Crippen molar-refractivity contribution in [3.8, 4) is 0 Å². The first-order valence-corrected chi connectivity index (χ1v) is 8.43. The molecule has 0 aliphatic rings. The lowest BCUT2D eigenvalue weighted by Gasteiger charge is -2.17. The zero-order valence-electron chi connectivity index (χ0n) is 14.5. The molecule has 25 heavy (non-hydrogen) atoms. The maximum atomic E-state index is 12.4. The van der Waals surface area contributed by atoms with E-state index in [1.165, 1.54) is 0 Å². The van der Waals surface area contributed by atoms with Crippen molar-refractivity contribution in [1.29, 1.82) is 0 Å². The van der Waals surface area contributed by atoms with E-state index in [4.69, 9.17) is 0 Å². The van der Waals surface area contributed by atoms with Crippen LogP contribution in [0.4, 0.5) is 0 Å². The van der Waals surface area contributed by atoms with E-state index in [1.54, 1.807) is 23.1 Å². The van der Waals surface area contributed by atoms with Gasteiger partial charge in [-0.25, -0.2) is 9.50 Å². The molecule has 3 rings (SSSR count). The van der Waals surface area contributed by atoms with Crippen molar-refractivity contribution in [3.05, 3.63) is 59.8 Å². The summed E-state index contributed by atoms with van der Waals surface area (Å²) in [6.07, 6.45) is 8.73. The Morgan fingerprint density at radius 3 is 2.76 bits per heavy atom. The van der Waals surface area contributed by atoms with Gasteiger partial charge < -0.3 is 5.32 Å². The summed E-state index contributed by atoms with van der Waals surface area (Å²) in [7, 11) is 0. The standard InChI is InChI=1S/C18H22N6O/c1-3-23(4-2)12-15-10-20-17-16(11-22-24(17)13-15)18(25)21-9-14-6-5-7-19-8-14/h5-8,10-11,13H,3-4,9,12H2,1-2H3,(H,21,25). The Morgan fingerprint density at radius 1 is 1.20 bits per heavy atom. The van der Waals surface area contributed by atoms with E-state index in [0.717, 1.165) is 30.8 Å². The number of nitrogens with one attached hydrogen (secondary N) is 1. The number of fused-ring (bicyclic) bond motifs is 1. The number of carbonyl (C=O) groups excluding carboxylic acids is 1. The van der Waals surface area contributed by atoms with Crippen LogP contribution in [-0.4, -0.2) is 43.5 Å². The molecule has 0 atom stereocenters. The highest BCUT2D eigenvalue weighted by molar-refractivity contribution is 5.99. The van der Waals surface area contributed by atoms with Gasteiger partial charge in [0.25, 0.3) is 5.91 Å². The van der Waals surface area contributed by atoms with Gasteiger partial charge in [-0.1, -0.05) is 19.9 Å². The molecule has 7 heteroatoms. The highest BCUT2D eigenvalue weighted by Crippen LogP contribution is 2.11. The van der Waals surface area contributed by atoms with Crippen molar-refractivity contribution in [1.82, 2.24) is 29.8 Å². The van der Waals surface area contributed by atoms with Crippen molar-refractivity contribution < 1.29 is 4.79 Å². The molecule has 0 aliphatic carbocycles. The van der Waals surface area contributed by atoms with Gasteiger partial charge in [-0.3, -0.25) is 14.7 Å². The minimum atomic E-state index is -0.192. The van der Waals surface area contributed by atoms with Gasteiger partial charge in [-0.15, -0.1) is 0 Å². The molecule has 1 N–H and O–H groups in total. The number of aromatic nitrogens is 4. The van der Waals surface area contributed by atoms with Gasteiger partial charge in [0.2, 0.25) is 0 Å². The Kier molecular flexibility index (Phi) is 5.35. The Bertz CT molecular complexity index is 841. The summed E-state index contributed by atoms with van der Waals surface area (Å²) in [6.45, 7) is 7.47. The van der Waals surface area contributed by atoms with Crippen LogP contribution in [0.1, 0.15) is 35.3 Å². The van der Waals surface area contributed by atoms with Gasteiger partial charge in [-0.2, -0.15) is 5.10 Å². The average Bonchev–Trinajstić information content (AvgIpc) is 3.08. The van der Waals surface area contributed by atoms with E-state index in [-0.39, 0.29) is 5.91 Å². The lowest BCUT2D eigenvalue weighted by atomic mass is 10.2. The summed E-state index contributed by atoms with van der Waals surface area (Å²) in [4.78, 5) is 23.2. The number of amides is 1. The van der Waals surface area contributed by atoms with Gasteiger partial charge >= 0.3 is 0 Å². The quantitative estimate of drug-likeness (QED) is 0.712. The molecule has 1 amide bonds. The van der Waals surface area contributed by atoms with E-state index in [9.17, 15) is 4.79 Å². The maximum absolute atomic E-state index is 12.4. The van der Waals surface area contributed by atoms with Crippen LogP contribution in [0.15, 0.2) is 43.1 Å². The molecule has 0 bridgehead atoms. The number of rotatable bonds is 7. The predicted octanol–water partition coefficient (Wildman–Crippen LogP) is 1.90. The Balaban J connectivity index is 1.73. The first-order valence-electron chi connectivity index (χ1n) is 8.43. The molecule has 0 spiro atoms. The second-order valence-electron chi connectivity index (χ2n) is 5.79. The average molecular weight is 338 g/mol. The van der Waals surface area contributed by atoms with Crippen LogP contribution in [0.25, 0.3) is 5.65 Å². The van der Waals surface area contributed by atoms with Crippen molar-refractivity contribution >= 4 is 11.6 Å². The molecule has 0 aromatic carbocycles. The summed E-state index contributed by atoms with van der Waals surface area (Å²) < 4.78 is 1.66. The Hall–Kier alpha value is -2.80. The summed E-state index contributed by atoms with van der Waals surface area (Å²) in [5.41, 5.74) is 3.05. The van der Waals surface area contributed by atoms with Gasteiger partial charge in [0, 0.05) is 43.4 Å². The molecular formula is C18H22N6O. The third kappa shape index (κ3) is 4.00. The smallest absolute Gasteiger partial charge is 0.257 e. The van der Waals surface area contributed by atoms with Crippen LogP contribution < -0.4 is 5.32 Å². The van der Waals surface area contributed by atoms with Crippen molar-refractivity contribution in [2.24, 2.45) is 0 Å². The van der Waals surface area contributed by atoms with Crippen LogP contribution in [0.3, 0.4) is 0 Å². The molecule has 0 radical (unpaired) electrons. The molecule has 7 nitrogen and oxygen atoms in total. The molecule has 0 saturated carbocycles. The molecule has 0 unspecified atom stereocenters. The predicted molar refractivity (Wildman–Crippen MR) is 95.0 cm³/mol. The fourth-order valence-corrected chi connectivity index (χ4v) is 2.64. The van der Waals surface area contributed by atoms with E-state index in [0.29, 0.717) is 17.8 Å². The summed E-state index contributed by atoms with van der Waals surface area (Å²) >= 11 is 0. The number of pyridine rings is 1. The molecule has 0 saturated heterocycles. The van der Waals surface area contributed by atoms with Gasteiger partial charge in [-0.05, 0) is 24.7 Å². The highest BCUT2D eigenvalue weighted by Gasteiger charge is 2.14. The third-order valence-electron chi connectivity index (χ3n) is 4.13. The molecular weight excluding hydrogens is 316 g/mol. The van der Waals surface area contributed by atoms with Gasteiger partial charge in [0.05, 0.1) is 6.20 Å². The van der Waals surface area contributed by atoms with E-state index in [1.807, 2.05) is 24.5 Å². The Morgan fingerprint density at radius 2 is 2.04 bits per heavy atom. The fourth-order valence-electron chi connectivity index (χ4n) is 2.64. The molecule has 3 heterocycles. The first-order chi connectivity index (χ1) is 12.2. The van der Waals surface area contributed by atoms with Crippen molar-refractivity contribution in [3.63, 3.8) is 0 Å². The topological polar surface area (TPSA) is 75.4 Å². The fraction of sp³-hybridized carbons (Fsp3) is 0.333. The third-order valence-corrected chi connectivity index (χ3v) is 4.13. The number of nitrogens with zero attached hydrogens (tertiary/aromatic N) is 5. The second kappa shape index (κ2) is 7.85. The minimum absolute atomic E-state index is 0.192.